The molecular formula is C13H26O2. The molecule has 0 heterocycles. The zero-order valence-corrected chi connectivity index (χ0v) is 10.8. The zero-order chi connectivity index (χ0) is 11.6. The first-order valence-corrected chi connectivity index (χ1v) is 6.14. The van der Waals surface area contributed by atoms with E-state index in [2.05, 4.69) is 20.8 Å². The second-order valence-electron chi connectivity index (χ2n) is 6.12. The van der Waals surface area contributed by atoms with Crippen LogP contribution in [-0.4, -0.2) is 23.4 Å². The van der Waals surface area contributed by atoms with Crippen LogP contribution < -0.4 is 0 Å². The van der Waals surface area contributed by atoms with Gasteiger partial charge in [0.15, 0.2) is 0 Å². The Morgan fingerprint density at radius 1 is 1.27 bits per heavy atom. The number of aliphatic hydroxyl groups excluding tert-OH is 1. The highest BCUT2D eigenvalue weighted by Gasteiger charge is 2.33. The van der Waals surface area contributed by atoms with Crippen molar-refractivity contribution in [2.24, 2.45) is 11.3 Å². The number of ether oxygens (including phenoxy) is 1. The summed E-state index contributed by atoms with van der Waals surface area (Å²) in [5, 5.41) is 9.42. The predicted octanol–water partition coefficient (Wildman–Crippen LogP) is 2.99. The fourth-order valence-corrected chi connectivity index (χ4v) is 2.78. The zero-order valence-electron chi connectivity index (χ0n) is 10.8. The molecule has 2 heteroatoms. The number of aliphatic hydroxyl groups is 1. The standard InChI is InChI=1S/C13H26O2/c1-9-6-12(8-13(4,5)7-9)15-11(3)10(2)14/h9-12,14H,6-8H2,1-5H3/t9?,10-,11?,12?/m1/s1. The van der Waals surface area contributed by atoms with Gasteiger partial charge >= 0.3 is 0 Å². The van der Waals surface area contributed by atoms with Crippen LogP contribution in [0.2, 0.25) is 0 Å². The van der Waals surface area contributed by atoms with E-state index in [1.165, 1.54) is 6.42 Å². The van der Waals surface area contributed by atoms with Crippen LogP contribution in [0.25, 0.3) is 0 Å². The number of hydrogen-bond donors (Lipinski definition) is 1. The van der Waals surface area contributed by atoms with E-state index >= 15 is 0 Å². The maximum Gasteiger partial charge on any atom is 0.0806 e. The molecule has 0 amide bonds. The van der Waals surface area contributed by atoms with Crippen LogP contribution in [-0.2, 0) is 4.74 Å². The van der Waals surface area contributed by atoms with Crippen LogP contribution in [0.5, 0.6) is 0 Å². The largest absolute Gasteiger partial charge is 0.391 e. The molecule has 0 bridgehead atoms. The van der Waals surface area contributed by atoms with E-state index < -0.39 is 0 Å². The lowest BCUT2D eigenvalue weighted by Crippen LogP contribution is -2.36. The van der Waals surface area contributed by atoms with Crippen molar-refractivity contribution in [3.63, 3.8) is 0 Å². The van der Waals surface area contributed by atoms with Gasteiger partial charge in [0.05, 0.1) is 18.3 Å². The summed E-state index contributed by atoms with van der Waals surface area (Å²) in [6.07, 6.45) is 3.46. The summed E-state index contributed by atoms with van der Waals surface area (Å²) in [6.45, 7) is 10.7. The Hall–Kier alpha value is -0.0800. The molecule has 1 aliphatic rings. The summed E-state index contributed by atoms with van der Waals surface area (Å²) in [5.74, 6) is 0.736. The fourth-order valence-electron chi connectivity index (χ4n) is 2.78. The maximum absolute atomic E-state index is 9.42. The van der Waals surface area contributed by atoms with Crippen molar-refractivity contribution in [2.75, 3.05) is 0 Å². The quantitative estimate of drug-likeness (QED) is 0.782. The monoisotopic (exact) mass is 214 g/mol. The third-order valence-corrected chi connectivity index (χ3v) is 3.43. The molecule has 1 saturated carbocycles. The summed E-state index contributed by atoms with van der Waals surface area (Å²) >= 11 is 0. The molecule has 1 rings (SSSR count). The van der Waals surface area contributed by atoms with Crippen LogP contribution in [0.3, 0.4) is 0 Å². The fraction of sp³-hybridized carbons (Fsp3) is 1.00. The van der Waals surface area contributed by atoms with Gasteiger partial charge in [-0.05, 0) is 44.4 Å². The van der Waals surface area contributed by atoms with E-state index in [0.717, 1.165) is 18.8 Å². The molecule has 4 atom stereocenters. The molecule has 90 valence electrons. The van der Waals surface area contributed by atoms with Crippen molar-refractivity contribution in [1.29, 1.82) is 0 Å². The summed E-state index contributed by atoms with van der Waals surface area (Å²) in [4.78, 5) is 0. The van der Waals surface area contributed by atoms with Gasteiger partial charge in [-0.2, -0.15) is 0 Å². The van der Waals surface area contributed by atoms with Crippen LogP contribution in [0.1, 0.15) is 53.9 Å². The average Bonchev–Trinajstić information content (AvgIpc) is 1.99. The van der Waals surface area contributed by atoms with E-state index in [4.69, 9.17) is 4.74 Å². The smallest absolute Gasteiger partial charge is 0.0806 e. The van der Waals surface area contributed by atoms with E-state index in [9.17, 15) is 5.11 Å². The molecule has 1 aliphatic carbocycles. The lowest BCUT2D eigenvalue weighted by molar-refractivity contribution is -0.0959. The summed E-state index contributed by atoms with van der Waals surface area (Å²) < 4.78 is 5.91. The Morgan fingerprint density at radius 2 is 1.87 bits per heavy atom. The summed E-state index contributed by atoms with van der Waals surface area (Å²) in [7, 11) is 0. The highest BCUT2D eigenvalue weighted by Crippen LogP contribution is 2.40. The average molecular weight is 214 g/mol. The molecule has 1 fully saturated rings. The van der Waals surface area contributed by atoms with Gasteiger partial charge in [0, 0.05) is 0 Å². The minimum absolute atomic E-state index is 0.0453. The van der Waals surface area contributed by atoms with Gasteiger partial charge in [-0.25, -0.2) is 0 Å². The minimum Gasteiger partial charge on any atom is -0.391 e. The van der Waals surface area contributed by atoms with Gasteiger partial charge in [-0.3, -0.25) is 0 Å². The Balaban J connectivity index is 2.48. The van der Waals surface area contributed by atoms with Crippen LogP contribution in [0.15, 0.2) is 0 Å². The molecule has 1 N–H and O–H groups in total. The summed E-state index contributed by atoms with van der Waals surface area (Å²) in [6, 6.07) is 0. The van der Waals surface area contributed by atoms with Gasteiger partial charge in [0.2, 0.25) is 0 Å². The van der Waals surface area contributed by atoms with Crippen LogP contribution >= 0.6 is 0 Å². The normalized spacial score (nSPS) is 34.8. The number of hydrogen-bond acceptors (Lipinski definition) is 2. The highest BCUT2D eigenvalue weighted by atomic mass is 16.5. The first-order valence-electron chi connectivity index (χ1n) is 6.14. The number of rotatable bonds is 3. The molecule has 3 unspecified atom stereocenters. The second kappa shape index (κ2) is 4.84. The first-order chi connectivity index (χ1) is 6.80. The predicted molar refractivity (Wildman–Crippen MR) is 62.8 cm³/mol. The molecule has 0 radical (unpaired) electrons. The van der Waals surface area contributed by atoms with Gasteiger partial charge in [-0.1, -0.05) is 20.8 Å². The Kier molecular flexibility index (Phi) is 4.19. The van der Waals surface area contributed by atoms with Crippen molar-refractivity contribution < 1.29 is 9.84 Å². The third kappa shape index (κ3) is 4.12. The SMILES string of the molecule is CC1CC(OC(C)[C@@H](C)O)CC(C)(C)C1. The second-order valence-corrected chi connectivity index (χ2v) is 6.12. The Bertz CT molecular complexity index is 199. The van der Waals surface area contributed by atoms with Gasteiger partial charge in [0.1, 0.15) is 0 Å². The van der Waals surface area contributed by atoms with Gasteiger partial charge in [0.25, 0.3) is 0 Å². The van der Waals surface area contributed by atoms with E-state index in [0.29, 0.717) is 11.5 Å². The topological polar surface area (TPSA) is 29.5 Å². The molecule has 15 heavy (non-hydrogen) atoms. The van der Waals surface area contributed by atoms with Gasteiger partial charge < -0.3 is 9.84 Å². The maximum atomic E-state index is 9.42. The molecule has 0 aromatic carbocycles. The van der Waals surface area contributed by atoms with Crippen LogP contribution in [0, 0.1) is 11.3 Å². The first kappa shape index (κ1) is 13.0. The summed E-state index contributed by atoms with van der Waals surface area (Å²) in [5.41, 5.74) is 0.390. The van der Waals surface area contributed by atoms with E-state index in [1.54, 1.807) is 6.92 Å². The lowest BCUT2D eigenvalue weighted by Gasteiger charge is -2.40. The van der Waals surface area contributed by atoms with Crippen LogP contribution in [0.4, 0.5) is 0 Å². The van der Waals surface area contributed by atoms with E-state index in [-0.39, 0.29) is 12.2 Å². The molecule has 0 aliphatic heterocycles. The van der Waals surface area contributed by atoms with Crippen molar-refractivity contribution in [3.8, 4) is 0 Å². The highest BCUT2D eigenvalue weighted by molar-refractivity contribution is 4.84. The molecule has 2 nitrogen and oxygen atoms in total. The van der Waals surface area contributed by atoms with Crippen molar-refractivity contribution in [2.45, 2.75) is 72.2 Å². The van der Waals surface area contributed by atoms with Gasteiger partial charge in [-0.15, -0.1) is 0 Å². The van der Waals surface area contributed by atoms with E-state index in [1.807, 2.05) is 6.92 Å². The Morgan fingerprint density at radius 3 is 2.33 bits per heavy atom. The lowest BCUT2D eigenvalue weighted by atomic mass is 9.71. The molecular weight excluding hydrogens is 188 g/mol. The Labute approximate surface area is 94.0 Å². The molecule has 0 spiro atoms. The molecule has 0 saturated heterocycles. The molecule has 0 aromatic heterocycles. The van der Waals surface area contributed by atoms with Crippen molar-refractivity contribution in [3.05, 3.63) is 0 Å². The minimum atomic E-state index is -0.370. The third-order valence-electron chi connectivity index (χ3n) is 3.43. The van der Waals surface area contributed by atoms with Crippen molar-refractivity contribution in [1.82, 2.24) is 0 Å². The van der Waals surface area contributed by atoms with Crippen molar-refractivity contribution >= 4 is 0 Å². The molecule has 0 aromatic rings.